The molecule has 0 amide bonds. The highest BCUT2D eigenvalue weighted by atomic mass is 127. The molecule has 0 fully saturated rings. The van der Waals surface area contributed by atoms with E-state index in [9.17, 15) is 10.1 Å². The van der Waals surface area contributed by atoms with Crippen LogP contribution in [-0.2, 0) is 0 Å². The molecule has 0 aliphatic carbocycles. The van der Waals surface area contributed by atoms with E-state index in [-0.39, 0.29) is 5.69 Å². The lowest BCUT2D eigenvalue weighted by atomic mass is 10.1. The summed E-state index contributed by atoms with van der Waals surface area (Å²) < 4.78 is 0. The van der Waals surface area contributed by atoms with Crippen molar-refractivity contribution in [2.24, 2.45) is 0 Å². The van der Waals surface area contributed by atoms with Gasteiger partial charge in [0.25, 0.3) is 5.69 Å². The molecule has 0 spiro atoms. The molecular formula is C11H12INO2S. The van der Waals surface area contributed by atoms with Crippen molar-refractivity contribution in [3.05, 3.63) is 39.4 Å². The van der Waals surface area contributed by atoms with E-state index in [0.29, 0.717) is 0 Å². The van der Waals surface area contributed by atoms with Crippen LogP contribution in [0.5, 0.6) is 0 Å². The van der Waals surface area contributed by atoms with Gasteiger partial charge in [-0.1, -0.05) is 19.8 Å². The molecule has 1 aromatic rings. The fraction of sp³-hybridized carbons (Fsp3) is 0.273. The zero-order chi connectivity index (χ0) is 12.6. The molecule has 86 valence electrons. The van der Waals surface area contributed by atoms with Crippen LogP contribution < -0.4 is 0 Å². The number of non-ortho nitro benzene ring substituents is 1. The van der Waals surface area contributed by atoms with E-state index in [1.807, 2.05) is 20.8 Å². The van der Waals surface area contributed by atoms with Crippen molar-refractivity contribution in [3.8, 4) is 11.2 Å². The lowest BCUT2D eigenvalue weighted by Crippen LogP contribution is -1.90. The van der Waals surface area contributed by atoms with Gasteiger partial charge in [-0.15, -0.1) is 0 Å². The molecule has 1 aromatic carbocycles. The van der Waals surface area contributed by atoms with Crippen LogP contribution >= 0.6 is 30.1 Å². The number of nitro benzene ring substituents is 1. The third kappa shape index (κ3) is 4.86. The highest BCUT2D eigenvalue weighted by Gasteiger charge is 2.06. The van der Waals surface area contributed by atoms with Gasteiger partial charge in [0.15, 0.2) is 0 Å². The van der Waals surface area contributed by atoms with Crippen LogP contribution in [0.15, 0.2) is 18.2 Å². The van der Waals surface area contributed by atoms with Gasteiger partial charge in [-0.25, -0.2) is 0 Å². The Hall–Kier alpha value is -0.740. The highest BCUT2D eigenvalue weighted by molar-refractivity contribution is 14.2. The average Bonchev–Trinajstić information content (AvgIpc) is 2.30. The second kappa shape index (κ2) is 8.42. The summed E-state index contributed by atoms with van der Waals surface area (Å²) in [6.07, 6.45) is 0. The van der Waals surface area contributed by atoms with Gasteiger partial charge < -0.3 is 0 Å². The van der Waals surface area contributed by atoms with Crippen molar-refractivity contribution in [3.63, 3.8) is 0 Å². The summed E-state index contributed by atoms with van der Waals surface area (Å²) in [6, 6.07) is 4.67. The molecule has 0 aliphatic rings. The average molecular weight is 349 g/mol. The maximum absolute atomic E-state index is 10.4. The molecule has 0 radical (unpaired) electrons. The van der Waals surface area contributed by atoms with E-state index in [1.54, 1.807) is 6.07 Å². The van der Waals surface area contributed by atoms with Crippen LogP contribution in [0.3, 0.4) is 0 Å². The van der Waals surface area contributed by atoms with Gasteiger partial charge >= 0.3 is 0 Å². The maximum Gasteiger partial charge on any atom is 0.269 e. The second-order valence-electron chi connectivity index (χ2n) is 2.56. The van der Waals surface area contributed by atoms with Crippen LogP contribution in [0.1, 0.15) is 25.0 Å². The minimum absolute atomic E-state index is 0.107. The molecule has 16 heavy (non-hydrogen) atoms. The number of aryl methyl sites for hydroxylation is 1. The quantitative estimate of drug-likeness (QED) is 0.328. The van der Waals surface area contributed by atoms with Gasteiger partial charge in [0.05, 0.1) is 4.92 Å². The van der Waals surface area contributed by atoms with E-state index in [0.717, 1.165) is 11.1 Å². The Morgan fingerprint density at radius 1 is 1.44 bits per heavy atom. The van der Waals surface area contributed by atoms with E-state index in [4.69, 9.17) is 0 Å². The minimum Gasteiger partial charge on any atom is -0.258 e. The lowest BCUT2D eigenvalue weighted by molar-refractivity contribution is -0.384. The minimum atomic E-state index is -0.405. The highest BCUT2D eigenvalue weighted by Crippen LogP contribution is 2.17. The first kappa shape index (κ1) is 15.3. The van der Waals surface area contributed by atoms with Gasteiger partial charge in [-0.3, -0.25) is 10.1 Å². The topological polar surface area (TPSA) is 43.1 Å². The number of hydrogen-bond donors (Lipinski definition) is 0. The van der Waals surface area contributed by atoms with Crippen molar-refractivity contribution in [1.29, 1.82) is 0 Å². The molecule has 0 heterocycles. The van der Waals surface area contributed by atoms with Gasteiger partial charge in [-0.05, 0) is 32.7 Å². The zero-order valence-corrected chi connectivity index (χ0v) is 12.3. The molecule has 0 unspecified atom stereocenters. The summed E-state index contributed by atoms with van der Waals surface area (Å²) >= 11 is 2.08. The standard InChI is InChI=1S/C9H6INO2S.C2H6/c1-7-6-9(11(12)13)3-2-8(7)4-5-14-10;1-2/h2-3,6H,1H3;1-2H3. The molecule has 0 atom stereocenters. The predicted molar refractivity (Wildman–Crippen MR) is 77.7 cm³/mol. The Balaban J connectivity index is 0.00000106. The van der Waals surface area contributed by atoms with Gasteiger partial charge in [0.1, 0.15) is 0 Å². The zero-order valence-electron chi connectivity index (χ0n) is 9.28. The molecule has 0 aliphatic heterocycles. The molecule has 0 N–H and O–H groups in total. The monoisotopic (exact) mass is 349 g/mol. The van der Waals surface area contributed by atoms with Gasteiger partial charge in [-0.2, -0.15) is 0 Å². The number of nitro groups is 1. The summed E-state index contributed by atoms with van der Waals surface area (Å²) in [5.41, 5.74) is 1.77. The van der Waals surface area contributed by atoms with Crippen LogP contribution in [-0.4, -0.2) is 4.92 Å². The Morgan fingerprint density at radius 3 is 2.50 bits per heavy atom. The molecule has 3 nitrogen and oxygen atoms in total. The molecule has 5 heteroatoms. The number of halogens is 1. The summed E-state index contributed by atoms with van der Waals surface area (Å²) in [5.74, 6) is 2.91. The molecule has 0 bridgehead atoms. The normalized spacial score (nSPS) is 8.25. The molecule has 1 rings (SSSR count). The molecule has 0 saturated heterocycles. The number of rotatable bonds is 1. The largest absolute Gasteiger partial charge is 0.269 e. The van der Waals surface area contributed by atoms with Crippen molar-refractivity contribution >= 4 is 35.8 Å². The van der Waals surface area contributed by atoms with E-state index < -0.39 is 4.92 Å². The Labute approximate surface area is 112 Å². The van der Waals surface area contributed by atoms with E-state index in [1.165, 1.54) is 21.1 Å². The van der Waals surface area contributed by atoms with Crippen molar-refractivity contribution < 1.29 is 4.92 Å². The Morgan fingerprint density at radius 2 is 2.06 bits per heavy atom. The predicted octanol–water partition coefficient (Wildman–Crippen LogP) is 4.32. The maximum atomic E-state index is 10.4. The molecular weight excluding hydrogens is 337 g/mol. The summed E-state index contributed by atoms with van der Waals surface area (Å²) in [6.45, 7) is 5.81. The number of benzene rings is 1. The second-order valence-corrected chi connectivity index (χ2v) is 4.24. The van der Waals surface area contributed by atoms with Crippen LogP contribution in [0, 0.1) is 28.2 Å². The van der Waals surface area contributed by atoms with Crippen LogP contribution in [0.4, 0.5) is 5.69 Å². The first-order valence-corrected chi connectivity index (χ1v) is 8.04. The third-order valence-corrected chi connectivity index (χ3v) is 2.48. The summed E-state index contributed by atoms with van der Waals surface area (Å²) in [7, 11) is 1.39. The SMILES string of the molecule is CC.Cc1cc([N+](=O)[O-])ccc1C#CSI. The molecule has 0 aromatic heterocycles. The third-order valence-electron chi connectivity index (χ3n) is 1.65. The summed E-state index contributed by atoms with van der Waals surface area (Å²) in [5, 5.41) is 13.3. The van der Waals surface area contributed by atoms with Crippen molar-refractivity contribution in [1.82, 2.24) is 0 Å². The lowest BCUT2D eigenvalue weighted by Gasteiger charge is -1.96. The van der Waals surface area contributed by atoms with E-state index >= 15 is 0 Å². The Kier molecular flexibility index (Phi) is 8.03. The Bertz CT molecular complexity index is 424. The summed E-state index contributed by atoms with van der Waals surface area (Å²) in [4.78, 5) is 10.0. The van der Waals surface area contributed by atoms with Crippen molar-refractivity contribution in [2.75, 3.05) is 0 Å². The van der Waals surface area contributed by atoms with Gasteiger partial charge in [0.2, 0.25) is 0 Å². The number of nitrogens with zero attached hydrogens (tertiary/aromatic N) is 1. The van der Waals surface area contributed by atoms with Crippen LogP contribution in [0.25, 0.3) is 0 Å². The first-order chi connectivity index (χ1) is 7.65. The van der Waals surface area contributed by atoms with Crippen molar-refractivity contribution in [2.45, 2.75) is 20.8 Å². The fourth-order valence-electron chi connectivity index (χ4n) is 0.976. The molecule has 0 saturated carbocycles. The van der Waals surface area contributed by atoms with Gasteiger partial charge in [0, 0.05) is 38.9 Å². The fourth-order valence-corrected chi connectivity index (χ4v) is 1.45. The smallest absolute Gasteiger partial charge is 0.258 e. The van der Waals surface area contributed by atoms with Crippen LogP contribution in [0.2, 0.25) is 0 Å². The first-order valence-electron chi connectivity index (χ1n) is 4.69. The number of hydrogen-bond acceptors (Lipinski definition) is 3. The van der Waals surface area contributed by atoms with E-state index in [2.05, 4.69) is 32.4 Å².